The van der Waals surface area contributed by atoms with E-state index in [0.29, 0.717) is 68.3 Å². The van der Waals surface area contributed by atoms with Gasteiger partial charge in [0, 0.05) is 35.3 Å². The molecule has 1 saturated heterocycles. The van der Waals surface area contributed by atoms with Crippen LogP contribution in [-0.2, 0) is 35.6 Å². The van der Waals surface area contributed by atoms with Crippen LogP contribution in [0.1, 0.15) is 141 Å². The molecule has 5 fully saturated rings. The lowest BCUT2D eigenvalue weighted by Crippen LogP contribution is -2.58. The molecular formula is C48H65N5O9S. The number of allylic oxidation sites excluding steroid dienone is 1. The van der Waals surface area contributed by atoms with Gasteiger partial charge in [-0.2, -0.15) is 0 Å². The van der Waals surface area contributed by atoms with E-state index in [1.165, 1.54) is 0 Å². The molecule has 2 aromatic rings. The number of rotatable bonds is 8. The van der Waals surface area contributed by atoms with Gasteiger partial charge in [0.05, 0.1) is 29.6 Å². The Morgan fingerprint density at radius 3 is 2.56 bits per heavy atom. The van der Waals surface area contributed by atoms with Gasteiger partial charge in [0.2, 0.25) is 21.8 Å². The molecule has 3 N–H and O–H groups in total. The number of hydrogen-bond donors (Lipinski definition) is 3. The largest absolute Gasteiger partial charge is 0.497 e. The number of methoxy groups -OCH3 is 1. The highest BCUT2D eigenvalue weighted by molar-refractivity contribution is 7.91. The third kappa shape index (κ3) is 8.52. The van der Waals surface area contributed by atoms with Gasteiger partial charge in [0.25, 0.3) is 5.91 Å². The third-order valence-electron chi connectivity index (χ3n) is 15.5. The van der Waals surface area contributed by atoms with Gasteiger partial charge in [0.15, 0.2) is 0 Å². The predicted molar refractivity (Wildman–Crippen MR) is 237 cm³/mol. The van der Waals surface area contributed by atoms with Gasteiger partial charge >= 0.3 is 6.09 Å². The maximum atomic E-state index is 15.2. The van der Waals surface area contributed by atoms with E-state index in [2.05, 4.69) is 36.1 Å². The molecule has 4 aliphatic carbocycles. The standard InChI is InChI=1S/C48H65N5O9S/c1-28(2)33-17-13-29(3)23-39(33)61-45(57)50-36-12-10-8-6-7-9-11-31-25-48(31,44(56)52-63(58,59)46(4)21-22-46)51-42(54)38-26-47(27-53(38)43(36)55)20-19-35-34-18-16-32(60-5)24-37(34)49-40(30-14-15-30)41(35)62-47/h9,11,16,18,24,28-31,33,36,38-39H,6-8,10,12-15,17,19-23,25-27H2,1-5H3,(H,50,57)(H,51,54)(H,52,56)/b11-9-/t29-,31-,33+,36+,38+,39+,47-,48-/m1/s1. The normalized spacial score (nSPS) is 33.4. The summed E-state index contributed by atoms with van der Waals surface area (Å²) in [6, 6.07) is 3.81. The number of carbonyl (C=O) groups excluding carboxylic acids is 4. The number of sulfonamides is 1. The number of aromatic nitrogens is 1. The quantitative estimate of drug-likeness (QED) is 0.240. The first-order valence-electron chi connectivity index (χ1n) is 23.6. The Kier molecular flexibility index (Phi) is 11.5. The van der Waals surface area contributed by atoms with Crippen molar-refractivity contribution in [3.8, 4) is 11.5 Å². The van der Waals surface area contributed by atoms with E-state index >= 15 is 4.79 Å². The minimum atomic E-state index is -4.00. The zero-order valence-corrected chi connectivity index (χ0v) is 38.3. The van der Waals surface area contributed by atoms with Crippen LogP contribution < -0.4 is 24.8 Å². The van der Waals surface area contributed by atoms with Gasteiger partial charge in [0.1, 0.15) is 40.8 Å². The molecule has 4 saturated carbocycles. The Morgan fingerprint density at radius 2 is 1.83 bits per heavy atom. The van der Waals surface area contributed by atoms with E-state index in [0.717, 1.165) is 67.1 Å². The number of nitrogens with one attached hydrogen (secondary N) is 3. The summed E-state index contributed by atoms with van der Waals surface area (Å²) in [6.07, 6.45) is 13.5. The number of aryl methyl sites for hydroxylation is 1. The third-order valence-corrected chi connectivity index (χ3v) is 17.7. The van der Waals surface area contributed by atoms with Gasteiger partial charge in [-0.15, -0.1) is 0 Å². The van der Waals surface area contributed by atoms with Crippen LogP contribution in [0.4, 0.5) is 4.79 Å². The fourth-order valence-corrected chi connectivity index (χ4v) is 12.2. The number of carbonyl (C=O) groups is 4. The van der Waals surface area contributed by atoms with Crippen molar-refractivity contribution in [1.82, 2.24) is 25.2 Å². The molecule has 3 aliphatic heterocycles. The lowest BCUT2D eigenvalue weighted by molar-refractivity contribution is -0.141. The molecule has 342 valence electrons. The average molecular weight is 888 g/mol. The molecule has 9 rings (SSSR count). The van der Waals surface area contributed by atoms with Crippen LogP contribution in [0.3, 0.4) is 0 Å². The molecule has 0 radical (unpaired) electrons. The summed E-state index contributed by atoms with van der Waals surface area (Å²) in [4.78, 5) is 64.8. The molecular weight excluding hydrogens is 823 g/mol. The summed E-state index contributed by atoms with van der Waals surface area (Å²) in [7, 11) is -2.36. The van der Waals surface area contributed by atoms with E-state index in [4.69, 9.17) is 19.2 Å². The number of alkyl carbamates (subject to hydrolysis) is 1. The number of fused-ring (bicyclic) bond motifs is 5. The molecule has 14 nitrogen and oxygen atoms in total. The molecule has 4 heterocycles. The first-order valence-corrected chi connectivity index (χ1v) is 25.1. The van der Waals surface area contributed by atoms with Crippen LogP contribution in [0.2, 0.25) is 0 Å². The molecule has 0 unspecified atom stereocenters. The second kappa shape index (κ2) is 16.5. The molecule has 1 aromatic heterocycles. The number of hydrogen-bond acceptors (Lipinski definition) is 10. The van der Waals surface area contributed by atoms with E-state index in [9.17, 15) is 22.8 Å². The molecule has 0 bridgehead atoms. The molecule has 1 spiro atoms. The lowest BCUT2D eigenvalue weighted by Gasteiger charge is -2.37. The van der Waals surface area contributed by atoms with Crippen LogP contribution in [-0.4, -0.2) is 89.8 Å². The minimum Gasteiger partial charge on any atom is -0.497 e. The number of benzene rings is 1. The van der Waals surface area contributed by atoms with Gasteiger partial charge in [-0.1, -0.05) is 52.2 Å². The lowest BCUT2D eigenvalue weighted by atomic mass is 9.75. The minimum absolute atomic E-state index is 0.0756. The van der Waals surface area contributed by atoms with Crippen LogP contribution in [0, 0.1) is 23.7 Å². The van der Waals surface area contributed by atoms with E-state index in [1.54, 1.807) is 18.9 Å². The number of ether oxygens (including phenoxy) is 3. The maximum absolute atomic E-state index is 15.2. The molecule has 15 heteroatoms. The fourth-order valence-electron chi connectivity index (χ4n) is 10.9. The number of pyridine rings is 1. The molecule has 4 amide bonds. The molecule has 7 aliphatic rings. The van der Waals surface area contributed by atoms with E-state index in [-0.39, 0.29) is 37.3 Å². The van der Waals surface area contributed by atoms with E-state index < -0.39 is 67.7 Å². The van der Waals surface area contributed by atoms with Crippen molar-refractivity contribution in [3.05, 3.63) is 41.6 Å². The Hall–Kier alpha value is -4.40. The summed E-state index contributed by atoms with van der Waals surface area (Å²) in [5, 5.41) is 6.96. The van der Waals surface area contributed by atoms with Crippen molar-refractivity contribution >= 4 is 44.7 Å². The van der Waals surface area contributed by atoms with Crippen molar-refractivity contribution in [3.63, 3.8) is 0 Å². The smallest absolute Gasteiger partial charge is 0.408 e. The van der Waals surface area contributed by atoms with E-state index in [1.807, 2.05) is 30.4 Å². The summed E-state index contributed by atoms with van der Waals surface area (Å²) >= 11 is 0. The van der Waals surface area contributed by atoms with Crippen molar-refractivity contribution in [2.45, 2.75) is 170 Å². The Balaban J connectivity index is 1.05. The topological polar surface area (TPSA) is 182 Å². The van der Waals surface area contributed by atoms with Crippen LogP contribution >= 0.6 is 0 Å². The highest BCUT2D eigenvalue weighted by Gasteiger charge is 2.64. The average Bonchev–Trinajstić information content (AvgIpc) is 4.18. The van der Waals surface area contributed by atoms with Gasteiger partial charge in [-0.25, -0.2) is 18.2 Å². The van der Waals surface area contributed by atoms with Crippen LogP contribution in [0.5, 0.6) is 11.5 Å². The zero-order valence-electron chi connectivity index (χ0n) is 37.5. The highest BCUT2D eigenvalue weighted by Crippen LogP contribution is 2.52. The maximum Gasteiger partial charge on any atom is 0.408 e. The van der Waals surface area contributed by atoms with Crippen molar-refractivity contribution in [1.29, 1.82) is 0 Å². The Labute approximate surface area is 371 Å². The van der Waals surface area contributed by atoms with Gasteiger partial charge in [-0.3, -0.25) is 19.1 Å². The molecule has 1 aromatic carbocycles. The second-order valence-corrected chi connectivity index (χ2v) is 22.8. The first-order chi connectivity index (χ1) is 30.0. The Bertz CT molecular complexity index is 2310. The van der Waals surface area contributed by atoms with Crippen molar-refractivity contribution in [2.75, 3.05) is 13.7 Å². The van der Waals surface area contributed by atoms with Crippen molar-refractivity contribution in [2.24, 2.45) is 23.7 Å². The zero-order chi connectivity index (χ0) is 44.5. The van der Waals surface area contributed by atoms with Gasteiger partial charge in [-0.05, 0) is 114 Å². The Morgan fingerprint density at radius 1 is 1.03 bits per heavy atom. The van der Waals surface area contributed by atoms with Crippen LogP contribution in [0.25, 0.3) is 10.9 Å². The number of amides is 4. The first kappa shape index (κ1) is 43.8. The molecule has 63 heavy (non-hydrogen) atoms. The fraction of sp³-hybridized carbons (Fsp3) is 0.688. The summed E-state index contributed by atoms with van der Waals surface area (Å²) < 4.78 is 46.9. The number of nitrogens with zero attached hydrogens (tertiary/aromatic N) is 2. The highest BCUT2D eigenvalue weighted by atomic mass is 32.2. The van der Waals surface area contributed by atoms with Gasteiger partial charge < -0.3 is 29.7 Å². The summed E-state index contributed by atoms with van der Waals surface area (Å²) in [6.45, 7) is 8.18. The summed E-state index contributed by atoms with van der Waals surface area (Å²) in [5.74, 6) is 0.453. The van der Waals surface area contributed by atoms with Crippen LogP contribution in [0.15, 0.2) is 30.4 Å². The van der Waals surface area contributed by atoms with Crippen molar-refractivity contribution < 1.29 is 41.8 Å². The SMILES string of the molecule is COc1ccc2c3c(c(C4CC4)nc2c1)O[C@]1(CC3)C[C@H]2C(=O)N[C@]3(C(=O)NS(=O)(=O)C4(C)CC4)C[C@H]3/C=C\CCCCC[C@H](NC(=O)O[C@H]3C[C@H](C)CC[C@H]3C(C)C)C(=O)N2C1. The second-order valence-electron chi connectivity index (χ2n) is 20.6. The monoisotopic (exact) mass is 887 g/mol. The summed E-state index contributed by atoms with van der Waals surface area (Å²) in [5.41, 5.74) is 0.268. The predicted octanol–water partition coefficient (Wildman–Crippen LogP) is 6.73. The molecule has 8 atom stereocenters.